The lowest BCUT2D eigenvalue weighted by atomic mass is 10.0. The average molecular weight is 301 g/mol. The minimum absolute atomic E-state index is 0.384. The van der Waals surface area contributed by atoms with Crippen LogP contribution in [0.25, 0.3) is 0 Å². The molecule has 1 atom stereocenters. The Hall–Kier alpha value is -1.37. The van der Waals surface area contributed by atoms with E-state index in [1.54, 1.807) is 0 Å². The van der Waals surface area contributed by atoms with E-state index in [0.29, 0.717) is 6.10 Å². The molecule has 1 saturated heterocycles. The maximum Gasteiger partial charge on any atom is 0.0998 e. The summed E-state index contributed by atoms with van der Waals surface area (Å²) in [4.78, 5) is 0. The van der Waals surface area contributed by atoms with Crippen molar-refractivity contribution in [2.45, 2.75) is 58.0 Å². The highest BCUT2D eigenvalue weighted by Crippen LogP contribution is 2.13. The Balaban J connectivity index is 0.000000183. The minimum atomic E-state index is 0.384. The summed E-state index contributed by atoms with van der Waals surface area (Å²) in [5, 5.41) is 10.7. The SMILES string of the molecule is CCCCCCCCC1COCCO1.N#Cc1cc2ccc1=2. The standard InChI is InChI=1S/C12H24O2.C7H3N/c1-2-3-4-5-6-7-8-12-11-13-9-10-14-12;8-4-6-3-5-1-2-7(5)6/h12H,2-11H2,1H3;1-3H. The fraction of sp³-hybridized carbons (Fsp3) is 0.632. The first-order valence-electron chi connectivity index (χ1n) is 8.59. The van der Waals surface area contributed by atoms with E-state index < -0.39 is 0 Å². The van der Waals surface area contributed by atoms with Gasteiger partial charge in [-0.1, -0.05) is 57.6 Å². The average Bonchev–Trinajstić information content (AvgIpc) is 2.55. The van der Waals surface area contributed by atoms with Gasteiger partial charge in [0, 0.05) is 0 Å². The van der Waals surface area contributed by atoms with E-state index in [4.69, 9.17) is 14.7 Å². The third kappa shape index (κ3) is 5.12. The molecule has 1 fully saturated rings. The zero-order valence-electron chi connectivity index (χ0n) is 13.6. The number of unbranched alkanes of at least 4 members (excludes halogenated alkanes) is 5. The number of hydrogen-bond donors (Lipinski definition) is 0. The molecule has 3 heteroatoms. The fourth-order valence-electron chi connectivity index (χ4n) is 2.74. The molecule has 2 aliphatic carbocycles. The Labute approximate surface area is 133 Å². The van der Waals surface area contributed by atoms with Gasteiger partial charge in [-0.2, -0.15) is 5.26 Å². The van der Waals surface area contributed by atoms with Crippen molar-refractivity contribution in [1.29, 1.82) is 5.26 Å². The topological polar surface area (TPSA) is 42.2 Å². The Morgan fingerprint density at radius 3 is 2.45 bits per heavy atom. The van der Waals surface area contributed by atoms with Crippen molar-refractivity contribution in [3.8, 4) is 6.07 Å². The third-order valence-electron chi connectivity index (χ3n) is 4.22. The lowest BCUT2D eigenvalue weighted by Gasteiger charge is -2.22. The van der Waals surface area contributed by atoms with E-state index in [-0.39, 0.29) is 0 Å². The van der Waals surface area contributed by atoms with Crippen LogP contribution in [-0.4, -0.2) is 25.9 Å². The Bertz CT molecular complexity index is 570. The van der Waals surface area contributed by atoms with Crippen molar-refractivity contribution in [3.63, 3.8) is 0 Å². The molecule has 3 rings (SSSR count). The minimum Gasteiger partial charge on any atom is -0.376 e. The van der Waals surface area contributed by atoms with Gasteiger partial charge in [-0.05, 0) is 22.9 Å². The highest BCUT2D eigenvalue weighted by molar-refractivity contribution is 5.41. The van der Waals surface area contributed by atoms with E-state index in [0.717, 1.165) is 30.6 Å². The lowest BCUT2D eigenvalue weighted by Crippen LogP contribution is -2.28. The second-order valence-corrected chi connectivity index (χ2v) is 6.00. The molecule has 3 nitrogen and oxygen atoms in total. The van der Waals surface area contributed by atoms with Crippen LogP contribution in [-0.2, 0) is 9.47 Å². The van der Waals surface area contributed by atoms with Gasteiger partial charge >= 0.3 is 0 Å². The van der Waals surface area contributed by atoms with E-state index in [1.807, 2.05) is 18.2 Å². The molecule has 120 valence electrons. The first kappa shape index (κ1) is 17.0. The number of hydrogen-bond acceptors (Lipinski definition) is 3. The lowest BCUT2D eigenvalue weighted by molar-refractivity contribution is -0.0912. The highest BCUT2D eigenvalue weighted by atomic mass is 16.6. The molecule has 1 unspecified atom stereocenters. The van der Waals surface area contributed by atoms with Crippen molar-refractivity contribution in [2.75, 3.05) is 19.8 Å². The smallest absolute Gasteiger partial charge is 0.0998 e. The molecule has 0 aromatic heterocycles. The van der Waals surface area contributed by atoms with Crippen LogP contribution in [0.15, 0.2) is 18.2 Å². The van der Waals surface area contributed by atoms with Gasteiger partial charge in [0.15, 0.2) is 0 Å². The van der Waals surface area contributed by atoms with Gasteiger partial charge in [-0.25, -0.2) is 0 Å². The quantitative estimate of drug-likeness (QED) is 0.716. The molecule has 0 saturated carbocycles. The molecule has 3 aliphatic rings. The van der Waals surface area contributed by atoms with Crippen LogP contribution in [0.3, 0.4) is 0 Å². The summed E-state index contributed by atoms with van der Waals surface area (Å²) < 4.78 is 10.9. The van der Waals surface area contributed by atoms with Crippen LogP contribution < -0.4 is 0 Å². The number of rotatable bonds is 7. The van der Waals surface area contributed by atoms with Crippen molar-refractivity contribution >= 4 is 0 Å². The summed E-state index contributed by atoms with van der Waals surface area (Å²) in [5.74, 6) is 0. The molecule has 0 bridgehead atoms. The number of nitrogens with zero attached hydrogens (tertiary/aromatic N) is 1. The molecule has 0 radical (unpaired) electrons. The van der Waals surface area contributed by atoms with Crippen molar-refractivity contribution in [3.05, 3.63) is 34.2 Å². The van der Waals surface area contributed by atoms with Crippen LogP contribution in [0.4, 0.5) is 0 Å². The van der Waals surface area contributed by atoms with Crippen LogP contribution in [0.5, 0.6) is 0 Å². The predicted molar refractivity (Wildman–Crippen MR) is 87.4 cm³/mol. The zero-order chi connectivity index (χ0) is 15.6. The molecule has 1 aliphatic heterocycles. The van der Waals surface area contributed by atoms with Gasteiger partial charge < -0.3 is 9.47 Å². The third-order valence-corrected chi connectivity index (χ3v) is 4.22. The largest absolute Gasteiger partial charge is 0.376 e. The van der Waals surface area contributed by atoms with Gasteiger partial charge in [0.1, 0.15) is 0 Å². The maximum atomic E-state index is 8.32. The first-order valence-corrected chi connectivity index (χ1v) is 8.59. The second-order valence-electron chi connectivity index (χ2n) is 6.00. The highest BCUT2D eigenvalue weighted by Gasteiger charge is 2.12. The van der Waals surface area contributed by atoms with Crippen LogP contribution >= 0.6 is 0 Å². The summed E-state index contributed by atoms with van der Waals surface area (Å²) in [7, 11) is 0. The number of benzene rings is 1. The summed E-state index contributed by atoms with van der Waals surface area (Å²) in [6.45, 7) is 4.65. The van der Waals surface area contributed by atoms with Gasteiger partial charge in [-0.15, -0.1) is 0 Å². The van der Waals surface area contributed by atoms with Gasteiger partial charge in [0.05, 0.1) is 37.6 Å². The molecule has 0 aromatic carbocycles. The molecule has 1 heterocycles. The normalized spacial score (nSPS) is 18.1. The van der Waals surface area contributed by atoms with E-state index in [9.17, 15) is 0 Å². The van der Waals surface area contributed by atoms with Crippen molar-refractivity contribution in [1.82, 2.24) is 0 Å². The molecule has 0 amide bonds. The van der Waals surface area contributed by atoms with E-state index in [1.165, 1.54) is 50.2 Å². The molecule has 0 N–H and O–H groups in total. The zero-order valence-corrected chi connectivity index (χ0v) is 13.6. The van der Waals surface area contributed by atoms with Gasteiger partial charge in [-0.3, -0.25) is 0 Å². The summed E-state index contributed by atoms with van der Waals surface area (Å²) in [5.41, 5.74) is 0.836. The van der Waals surface area contributed by atoms with Gasteiger partial charge in [0.2, 0.25) is 0 Å². The molecule has 0 aromatic rings. The van der Waals surface area contributed by atoms with Crippen LogP contribution in [0.1, 0.15) is 57.4 Å². The number of nitriles is 1. The monoisotopic (exact) mass is 301 g/mol. The summed E-state index contributed by atoms with van der Waals surface area (Å²) in [6, 6.07) is 7.96. The Kier molecular flexibility index (Phi) is 7.42. The Morgan fingerprint density at radius 2 is 1.95 bits per heavy atom. The summed E-state index contributed by atoms with van der Waals surface area (Å²) in [6.07, 6.45) is 9.75. The van der Waals surface area contributed by atoms with E-state index >= 15 is 0 Å². The predicted octanol–water partition coefficient (Wildman–Crippen LogP) is 4.31. The first-order chi connectivity index (χ1) is 10.8. The van der Waals surface area contributed by atoms with Crippen LogP contribution in [0, 0.1) is 21.8 Å². The molecule has 22 heavy (non-hydrogen) atoms. The molecular weight excluding hydrogens is 274 g/mol. The summed E-state index contributed by atoms with van der Waals surface area (Å²) >= 11 is 0. The van der Waals surface area contributed by atoms with E-state index in [2.05, 4.69) is 13.0 Å². The van der Waals surface area contributed by atoms with Crippen molar-refractivity contribution < 1.29 is 9.47 Å². The maximum absolute atomic E-state index is 8.32. The van der Waals surface area contributed by atoms with Crippen molar-refractivity contribution in [2.24, 2.45) is 0 Å². The van der Waals surface area contributed by atoms with Crippen LogP contribution in [0.2, 0.25) is 0 Å². The fourth-order valence-corrected chi connectivity index (χ4v) is 2.74. The number of ether oxygens (including phenoxy) is 2. The van der Waals surface area contributed by atoms with Gasteiger partial charge in [0.25, 0.3) is 0 Å². The second kappa shape index (κ2) is 9.61. The Morgan fingerprint density at radius 1 is 1.14 bits per heavy atom. The molecule has 0 spiro atoms. The molecular formula is C19H27NO2.